The Morgan fingerprint density at radius 2 is 2.18 bits per heavy atom. The standard InChI is InChI=1S/C11H12N2O4/c1-8-4-9(6-10(5-8)13(15)16)12-2-3-17-7-11(12)14/h4-6H,2-3,7H2,1H3. The molecule has 0 radical (unpaired) electrons. The first-order valence-electron chi connectivity index (χ1n) is 5.22. The molecule has 2 rings (SSSR count). The van der Waals surface area contributed by atoms with Crippen LogP contribution in [0.1, 0.15) is 5.56 Å². The zero-order chi connectivity index (χ0) is 12.4. The van der Waals surface area contributed by atoms with Gasteiger partial charge in [0, 0.05) is 18.7 Å². The van der Waals surface area contributed by atoms with E-state index >= 15 is 0 Å². The van der Waals surface area contributed by atoms with E-state index in [0.29, 0.717) is 18.8 Å². The van der Waals surface area contributed by atoms with Crippen LogP contribution < -0.4 is 4.90 Å². The Bertz CT molecular complexity index is 473. The molecule has 0 spiro atoms. The highest BCUT2D eigenvalue weighted by Gasteiger charge is 2.22. The zero-order valence-corrected chi connectivity index (χ0v) is 9.38. The summed E-state index contributed by atoms with van der Waals surface area (Å²) in [6.45, 7) is 2.68. The summed E-state index contributed by atoms with van der Waals surface area (Å²) < 4.78 is 5.02. The molecule has 1 aromatic carbocycles. The molecule has 1 aliphatic rings. The average molecular weight is 236 g/mol. The summed E-state index contributed by atoms with van der Waals surface area (Å²) in [4.78, 5) is 23.4. The van der Waals surface area contributed by atoms with Crippen LogP contribution in [0.25, 0.3) is 0 Å². The van der Waals surface area contributed by atoms with Crippen LogP contribution in [0.15, 0.2) is 18.2 Å². The molecule has 0 aromatic heterocycles. The molecule has 1 aromatic rings. The van der Waals surface area contributed by atoms with Gasteiger partial charge in [0.2, 0.25) is 0 Å². The van der Waals surface area contributed by atoms with Crippen LogP contribution in [0.2, 0.25) is 0 Å². The molecule has 6 nitrogen and oxygen atoms in total. The molecule has 17 heavy (non-hydrogen) atoms. The number of hydrogen-bond acceptors (Lipinski definition) is 4. The predicted octanol–water partition coefficient (Wildman–Crippen LogP) is 1.27. The Kier molecular flexibility index (Phi) is 3.06. The monoisotopic (exact) mass is 236 g/mol. The van der Waals surface area contributed by atoms with Gasteiger partial charge in [-0.15, -0.1) is 0 Å². The third kappa shape index (κ3) is 2.42. The van der Waals surface area contributed by atoms with Gasteiger partial charge in [-0.2, -0.15) is 0 Å². The van der Waals surface area contributed by atoms with Gasteiger partial charge in [0.1, 0.15) is 6.61 Å². The van der Waals surface area contributed by atoms with Gasteiger partial charge in [0.25, 0.3) is 11.6 Å². The number of benzene rings is 1. The number of amides is 1. The summed E-state index contributed by atoms with van der Waals surface area (Å²) in [5.41, 5.74) is 1.32. The molecule has 0 bridgehead atoms. The summed E-state index contributed by atoms with van der Waals surface area (Å²) in [6, 6.07) is 4.65. The van der Waals surface area contributed by atoms with Gasteiger partial charge >= 0.3 is 0 Å². The highest BCUT2D eigenvalue weighted by Crippen LogP contribution is 2.24. The quantitative estimate of drug-likeness (QED) is 0.572. The van der Waals surface area contributed by atoms with Gasteiger partial charge in [0.15, 0.2) is 0 Å². The summed E-state index contributed by atoms with van der Waals surface area (Å²) in [5.74, 6) is -0.170. The third-order valence-electron chi connectivity index (χ3n) is 2.56. The van der Waals surface area contributed by atoms with Crippen molar-refractivity contribution in [1.82, 2.24) is 0 Å². The number of ether oxygens (including phenoxy) is 1. The number of nitrogens with zero attached hydrogens (tertiary/aromatic N) is 2. The molecule has 0 saturated carbocycles. The number of nitro benzene ring substituents is 1. The lowest BCUT2D eigenvalue weighted by Crippen LogP contribution is -2.41. The van der Waals surface area contributed by atoms with E-state index in [2.05, 4.69) is 0 Å². The maximum Gasteiger partial charge on any atom is 0.271 e. The first-order valence-corrected chi connectivity index (χ1v) is 5.22. The van der Waals surface area contributed by atoms with E-state index in [9.17, 15) is 14.9 Å². The molecule has 0 atom stereocenters. The summed E-state index contributed by atoms with van der Waals surface area (Å²) in [6.07, 6.45) is 0. The summed E-state index contributed by atoms with van der Waals surface area (Å²) >= 11 is 0. The van der Waals surface area contributed by atoms with Crippen molar-refractivity contribution in [3.8, 4) is 0 Å². The number of carbonyl (C=O) groups is 1. The second-order valence-corrected chi connectivity index (χ2v) is 3.88. The van der Waals surface area contributed by atoms with Crippen molar-refractivity contribution >= 4 is 17.3 Å². The van der Waals surface area contributed by atoms with E-state index in [0.717, 1.165) is 5.56 Å². The highest BCUT2D eigenvalue weighted by molar-refractivity contribution is 5.95. The Balaban J connectivity index is 2.37. The fraction of sp³-hybridized carbons (Fsp3) is 0.364. The Hall–Kier alpha value is -1.95. The molecular formula is C11H12N2O4. The lowest BCUT2D eigenvalue weighted by atomic mass is 10.1. The SMILES string of the molecule is Cc1cc(N2CCOCC2=O)cc([N+](=O)[O-])c1. The minimum absolute atomic E-state index is 0.000656. The predicted molar refractivity (Wildman–Crippen MR) is 61.0 cm³/mol. The van der Waals surface area contributed by atoms with Crippen molar-refractivity contribution in [3.05, 3.63) is 33.9 Å². The fourth-order valence-corrected chi connectivity index (χ4v) is 1.80. The molecule has 1 fully saturated rings. The molecular weight excluding hydrogens is 224 g/mol. The molecule has 6 heteroatoms. The maximum atomic E-state index is 11.6. The van der Waals surface area contributed by atoms with Gasteiger partial charge in [-0.3, -0.25) is 14.9 Å². The molecule has 1 heterocycles. The van der Waals surface area contributed by atoms with Crippen molar-refractivity contribution in [3.63, 3.8) is 0 Å². The number of morpholine rings is 1. The normalized spacial score (nSPS) is 16.1. The van der Waals surface area contributed by atoms with Gasteiger partial charge < -0.3 is 9.64 Å². The van der Waals surface area contributed by atoms with E-state index in [1.165, 1.54) is 17.0 Å². The lowest BCUT2D eigenvalue weighted by molar-refractivity contribution is -0.384. The molecule has 90 valence electrons. The fourth-order valence-electron chi connectivity index (χ4n) is 1.80. The van der Waals surface area contributed by atoms with E-state index in [4.69, 9.17) is 4.74 Å². The van der Waals surface area contributed by atoms with E-state index in [1.807, 2.05) is 0 Å². The third-order valence-corrected chi connectivity index (χ3v) is 2.56. The number of rotatable bonds is 2. The van der Waals surface area contributed by atoms with Gasteiger partial charge in [-0.1, -0.05) is 0 Å². The van der Waals surface area contributed by atoms with E-state index in [-0.39, 0.29) is 18.2 Å². The van der Waals surface area contributed by atoms with Crippen LogP contribution in [0.3, 0.4) is 0 Å². The molecule has 0 unspecified atom stereocenters. The molecule has 1 aliphatic heterocycles. The van der Waals surface area contributed by atoms with Crippen LogP contribution in [0.5, 0.6) is 0 Å². The van der Waals surface area contributed by atoms with Crippen molar-refractivity contribution in [2.45, 2.75) is 6.92 Å². The lowest BCUT2D eigenvalue weighted by Gasteiger charge is -2.26. The van der Waals surface area contributed by atoms with Crippen LogP contribution in [-0.4, -0.2) is 30.6 Å². The number of nitro groups is 1. The molecule has 0 N–H and O–H groups in total. The van der Waals surface area contributed by atoms with Crippen LogP contribution in [0.4, 0.5) is 11.4 Å². The van der Waals surface area contributed by atoms with Gasteiger partial charge in [-0.05, 0) is 18.6 Å². The Labute approximate surface area is 97.9 Å². The maximum absolute atomic E-state index is 11.6. The Morgan fingerprint density at radius 3 is 2.82 bits per heavy atom. The first kappa shape index (κ1) is 11.5. The number of hydrogen-bond donors (Lipinski definition) is 0. The minimum Gasteiger partial charge on any atom is -0.370 e. The second kappa shape index (κ2) is 4.50. The number of carbonyl (C=O) groups excluding carboxylic acids is 1. The smallest absolute Gasteiger partial charge is 0.271 e. The minimum atomic E-state index is -0.457. The van der Waals surface area contributed by atoms with Crippen LogP contribution in [-0.2, 0) is 9.53 Å². The molecule has 0 aliphatic carbocycles. The van der Waals surface area contributed by atoms with Crippen LogP contribution >= 0.6 is 0 Å². The Morgan fingerprint density at radius 1 is 1.41 bits per heavy atom. The largest absolute Gasteiger partial charge is 0.370 e. The number of anilines is 1. The summed E-state index contributed by atoms with van der Waals surface area (Å²) in [5, 5.41) is 10.7. The number of non-ortho nitro benzene ring substituents is 1. The average Bonchev–Trinajstić information content (AvgIpc) is 2.28. The van der Waals surface area contributed by atoms with Crippen molar-refractivity contribution in [2.24, 2.45) is 0 Å². The van der Waals surface area contributed by atoms with Crippen molar-refractivity contribution in [2.75, 3.05) is 24.7 Å². The second-order valence-electron chi connectivity index (χ2n) is 3.88. The van der Waals surface area contributed by atoms with Gasteiger partial charge in [0.05, 0.1) is 17.2 Å². The van der Waals surface area contributed by atoms with E-state index < -0.39 is 4.92 Å². The summed E-state index contributed by atoms with van der Waals surface area (Å²) in [7, 11) is 0. The zero-order valence-electron chi connectivity index (χ0n) is 9.38. The first-order chi connectivity index (χ1) is 8.08. The van der Waals surface area contributed by atoms with E-state index in [1.54, 1.807) is 13.0 Å². The highest BCUT2D eigenvalue weighted by atomic mass is 16.6. The van der Waals surface area contributed by atoms with Crippen molar-refractivity contribution < 1.29 is 14.5 Å². The molecule has 1 saturated heterocycles. The van der Waals surface area contributed by atoms with Crippen molar-refractivity contribution in [1.29, 1.82) is 0 Å². The number of aryl methyl sites for hydroxylation is 1. The van der Waals surface area contributed by atoms with Crippen LogP contribution in [0, 0.1) is 17.0 Å². The molecule has 1 amide bonds. The topological polar surface area (TPSA) is 72.7 Å². The van der Waals surface area contributed by atoms with Gasteiger partial charge in [-0.25, -0.2) is 0 Å².